The third-order valence-electron chi connectivity index (χ3n) is 3.57. The van der Waals surface area contributed by atoms with E-state index in [1.165, 1.54) is 0 Å². The van der Waals surface area contributed by atoms with E-state index in [0.29, 0.717) is 19.6 Å². The first-order chi connectivity index (χ1) is 9.63. The summed E-state index contributed by atoms with van der Waals surface area (Å²) in [7, 11) is 0. The number of cyclic esters (lactones) is 1. The first kappa shape index (κ1) is 14.8. The van der Waals surface area contributed by atoms with Gasteiger partial charge in [0, 0.05) is 0 Å². The largest absolute Gasteiger partial charge is 0.465 e. The van der Waals surface area contributed by atoms with Crippen LogP contribution in [0.4, 0.5) is 4.79 Å². The van der Waals surface area contributed by atoms with Crippen molar-refractivity contribution in [3.8, 4) is 0 Å². The third-order valence-corrected chi connectivity index (χ3v) is 3.57. The second kappa shape index (κ2) is 6.69. The van der Waals surface area contributed by atoms with Crippen molar-refractivity contribution in [1.82, 2.24) is 9.80 Å². The zero-order valence-corrected chi connectivity index (χ0v) is 11.7. The van der Waals surface area contributed by atoms with Crippen LogP contribution in [-0.2, 0) is 19.1 Å². The third kappa shape index (κ3) is 3.27. The molecule has 1 unspecified atom stereocenters. The van der Waals surface area contributed by atoms with E-state index in [2.05, 4.69) is 0 Å². The first-order valence-electron chi connectivity index (χ1n) is 7.01. The van der Waals surface area contributed by atoms with Gasteiger partial charge in [0.15, 0.2) is 0 Å². The van der Waals surface area contributed by atoms with Gasteiger partial charge in [-0.15, -0.1) is 0 Å². The van der Waals surface area contributed by atoms with Crippen LogP contribution in [0.2, 0.25) is 0 Å². The van der Waals surface area contributed by atoms with E-state index in [4.69, 9.17) is 9.47 Å². The molecule has 2 amide bonds. The summed E-state index contributed by atoms with van der Waals surface area (Å²) in [6.07, 6.45) is 1.98. The first-order valence-corrected chi connectivity index (χ1v) is 7.01. The van der Waals surface area contributed by atoms with Crippen LogP contribution in [0.15, 0.2) is 0 Å². The highest BCUT2D eigenvalue weighted by Gasteiger charge is 2.35. The number of ether oxygens (including phenoxy) is 2. The van der Waals surface area contributed by atoms with Crippen LogP contribution >= 0.6 is 0 Å². The number of hydrogen-bond donors (Lipinski definition) is 0. The van der Waals surface area contributed by atoms with Crippen molar-refractivity contribution >= 4 is 18.0 Å². The van der Waals surface area contributed by atoms with Crippen LogP contribution < -0.4 is 0 Å². The van der Waals surface area contributed by atoms with Gasteiger partial charge < -0.3 is 9.47 Å². The maximum atomic E-state index is 12.1. The second-order valence-electron chi connectivity index (χ2n) is 4.89. The number of imide groups is 1. The van der Waals surface area contributed by atoms with E-state index in [1.807, 2.05) is 0 Å². The molecular weight excluding hydrogens is 264 g/mol. The molecule has 2 saturated heterocycles. The number of hydrogen-bond acceptors (Lipinski definition) is 6. The Labute approximate surface area is 117 Å². The normalized spacial score (nSPS) is 23.6. The smallest absolute Gasteiger partial charge is 0.416 e. The standard InChI is InChI=1S/C13H20N2O5/c1-2-19-12(17)10-5-3-4-6-14(10)9-11(16)15-7-8-20-13(15)18/h10H,2-9H2,1H3. The summed E-state index contributed by atoms with van der Waals surface area (Å²) in [5, 5.41) is 0. The molecule has 2 aliphatic rings. The van der Waals surface area contributed by atoms with Gasteiger partial charge in [-0.25, -0.2) is 9.69 Å². The Balaban J connectivity index is 1.96. The molecule has 0 aromatic heterocycles. The van der Waals surface area contributed by atoms with E-state index in [-0.39, 0.29) is 37.6 Å². The Morgan fingerprint density at radius 1 is 1.35 bits per heavy atom. The molecule has 7 heteroatoms. The number of amides is 2. The van der Waals surface area contributed by atoms with Crippen LogP contribution in [0.5, 0.6) is 0 Å². The van der Waals surface area contributed by atoms with Gasteiger partial charge in [-0.2, -0.15) is 0 Å². The minimum Gasteiger partial charge on any atom is -0.465 e. The molecule has 0 aromatic carbocycles. The Kier molecular flexibility index (Phi) is 4.94. The van der Waals surface area contributed by atoms with Gasteiger partial charge in [0.25, 0.3) is 0 Å². The van der Waals surface area contributed by atoms with Gasteiger partial charge >= 0.3 is 12.1 Å². The molecule has 0 spiro atoms. The number of esters is 1. The molecule has 0 bridgehead atoms. The van der Waals surface area contributed by atoms with Crippen LogP contribution in [0.1, 0.15) is 26.2 Å². The predicted molar refractivity (Wildman–Crippen MR) is 68.9 cm³/mol. The molecule has 0 saturated carbocycles. The molecule has 0 aliphatic carbocycles. The number of likely N-dealkylation sites (tertiary alicyclic amines) is 1. The van der Waals surface area contributed by atoms with Gasteiger partial charge in [-0.3, -0.25) is 14.5 Å². The summed E-state index contributed by atoms with van der Waals surface area (Å²) in [5.74, 6) is -0.604. The maximum absolute atomic E-state index is 12.1. The number of carbonyl (C=O) groups is 3. The fourth-order valence-corrected chi connectivity index (χ4v) is 2.56. The van der Waals surface area contributed by atoms with Crippen LogP contribution in [-0.4, -0.2) is 66.7 Å². The molecule has 1 atom stereocenters. The fraction of sp³-hybridized carbons (Fsp3) is 0.769. The zero-order chi connectivity index (χ0) is 14.5. The quantitative estimate of drug-likeness (QED) is 0.695. The van der Waals surface area contributed by atoms with E-state index >= 15 is 0 Å². The highest BCUT2D eigenvalue weighted by Crippen LogP contribution is 2.18. The molecule has 2 fully saturated rings. The van der Waals surface area contributed by atoms with Crippen molar-refractivity contribution in [2.75, 3.05) is 32.8 Å². The fourth-order valence-electron chi connectivity index (χ4n) is 2.56. The average molecular weight is 284 g/mol. The van der Waals surface area contributed by atoms with Gasteiger partial charge in [-0.1, -0.05) is 6.42 Å². The van der Waals surface area contributed by atoms with Crippen molar-refractivity contribution in [2.45, 2.75) is 32.2 Å². The number of piperidine rings is 1. The summed E-state index contributed by atoms with van der Waals surface area (Å²) in [6, 6.07) is -0.383. The molecule has 7 nitrogen and oxygen atoms in total. The lowest BCUT2D eigenvalue weighted by molar-refractivity contribution is -0.151. The SMILES string of the molecule is CCOC(=O)C1CCCCN1CC(=O)N1CCOC1=O. The summed E-state index contributed by atoms with van der Waals surface area (Å²) in [4.78, 5) is 38.2. The molecule has 2 rings (SSSR count). The van der Waals surface area contributed by atoms with Gasteiger partial charge in [-0.05, 0) is 26.3 Å². The van der Waals surface area contributed by atoms with Gasteiger partial charge in [0.2, 0.25) is 5.91 Å². The van der Waals surface area contributed by atoms with E-state index in [9.17, 15) is 14.4 Å². The van der Waals surface area contributed by atoms with E-state index < -0.39 is 6.09 Å². The molecule has 20 heavy (non-hydrogen) atoms. The lowest BCUT2D eigenvalue weighted by Gasteiger charge is -2.33. The van der Waals surface area contributed by atoms with Crippen molar-refractivity contribution < 1.29 is 23.9 Å². The highest BCUT2D eigenvalue weighted by molar-refractivity contribution is 5.94. The molecular formula is C13H20N2O5. The number of nitrogens with zero attached hydrogens (tertiary/aromatic N) is 2. The lowest BCUT2D eigenvalue weighted by Crippen LogP contribution is -2.50. The van der Waals surface area contributed by atoms with Crippen LogP contribution in [0.25, 0.3) is 0 Å². The van der Waals surface area contributed by atoms with Crippen molar-refractivity contribution in [2.24, 2.45) is 0 Å². The van der Waals surface area contributed by atoms with Crippen molar-refractivity contribution in [1.29, 1.82) is 0 Å². The summed E-state index contributed by atoms with van der Waals surface area (Å²) < 4.78 is 9.79. The Bertz CT molecular complexity index is 398. The molecule has 112 valence electrons. The minimum atomic E-state index is -0.598. The molecule has 2 aliphatic heterocycles. The van der Waals surface area contributed by atoms with Crippen molar-refractivity contribution in [3.63, 3.8) is 0 Å². The van der Waals surface area contributed by atoms with Gasteiger partial charge in [0.1, 0.15) is 12.6 Å². The zero-order valence-electron chi connectivity index (χ0n) is 11.7. The van der Waals surface area contributed by atoms with E-state index in [0.717, 1.165) is 17.7 Å². The van der Waals surface area contributed by atoms with Crippen molar-refractivity contribution in [3.05, 3.63) is 0 Å². The monoisotopic (exact) mass is 284 g/mol. The lowest BCUT2D eigenvalue weighted by atomic mass is 10.0. The minimum absolute atomic E-state index is 0.0541. The predicted octanol–water partition coefficient (Wildman–Crippen LogP) is 0.383. The summed E-state index contributed by atoms with van der Waals surface area (Å²) in [5.41, 5.74) is 0. The molecule has 0 aromatic rings. The number of rotatable bonds is 4. The van der Waals surface area contributed by atoms with E-state index in [1.54, 1.807) is 11.8 Å². The summed E-state index contributed by atoms with van der Waals surface area (Å²) in [6.45, 7) is 3.34. The Morgan fingerprint density at radius 3 is 2.80 bits per heavy atom. The second-order valence-corrected chi connectivity index (χ2v) is 4.89. The summed E-state index contributed by atoms with van der Waals surface area (Å²) >= 11 is 0. The molecule has 2 heterocycles. The molecule has 0 radical (unpaired) electrons. The topological polar surface area (TPSA) is 76.2 Å². The van der Waals surface area contributed by atoms with Crippen LogP contribution in [0.3, 0.4) is 0 Å². The Morgan fingerprint density at radius 2 is 2.15 bits per heavy atom. The average Bonchev–Trinajstić information content (AvgIpc) is 2.86. The van der Waals surface area contributed by atoms with Crippen LogP contribution in [0, 0.1) is 0 Å². The Hall–Kier alpha value is -1.63. The number of carbonyl (C=O) groups excluding carboxylic acids is 3. The van der Waals surface area contributed by atoms with Gasteiger partial charge in [0.05, 0.1) is 19.7 Å². The molecule has 0 N–H and O–H groups in total. The maximum Gasteiger partial charge on any atom is 0.416 e. The highest BCUT2D eigenvalue weighted by atomic mass is 16.6.